The molecule has 1 saturated carbocycles. The maximum Gasteiger partial charge on any atom is 0.141 e. The minimum Gasteiger partial charge on any atom is -0.206 e. The number of allylic oxidation sites excluding steroid dienone is 2. The van der Waals surface area contributed by atoms with Crippen LogP contribution in [0.5, 0.6) is 0 Å². The van der Waals surface area contributed by atoms with Gasteiger partial charge in [0.25, 0.3) is 0 Å². The SMILES string of the molecule is CCCCCCCCC1CCC(CCC2CC=C(CCc3ccc(C#N)c(F)c3)CC2)CC1. The molecule has 1 nitrogen and oxygen atoms in total. The number of hydrogen-bond donors (Lipinski definition) is 0. The van der Waals surface area contributed by atoms with Crippen molar-refractivity contribution < 1.29 is 4.39 Å². The Bertz CT molecular complexity index is 766. The molecule has 2 aliphatic carbocycles. The van der Waals surface area contributed by atoms with E-state index in [-0.39, 0.29) is 11.4 Å². The first kappa shape index (κ1) is 26.0. The average molecular weight is 452 g/mol. The summed E-state index contributed by atoms with van der Waals surface area (Å²) in [6.45, 7) is 2.30. The number of rotatable bonds is 13. The topological polar surface area (TPSA) is 23.8 Å². The van der Waals surface area contributed by atoms with Crippen molar-refractivity contribution in [3.05, 3.63) is 46.8 Å². The van der Waals surface area contributed by atoms with Crippen molar-refractivity contribution in [1.82, 2.24) is 0 Å². The molecular weight excluding hydrogens is 405 g/mol. The lowest BCUT2D eigenvalue weighted by atomic mass is 9.76. The quantitative estimate of drug-likeness (QED) is 0.216. The number of halogens is 1. The van der Waals surface area contributed by atoms with E-state index in [1.165, 1.54) is 109 Å². The lowest BCUT2D eigenvalue weighted by Crippen LogP contribution is -2.16. The highest BCUT2D eigenvalue weighted by Gasteiger charge is 2.22. The summed E-state index contributed by atoms with van der Waals surface area (Å²) in [5, 5.41) is 8.87. The van der Waals surface area contributed by atoms with E-state index in [4.69, 9.17) is 5.26 Å². The molecule has 182 valence electrons. The molecule has 0 radical (unpaired) electrons. The van der Waals surface area contributed by atoms with Gasteiger partial charge in [-0.2, -0.15) is 5.26 Å². The third kappa shape index (κ3) is 9.27. The van der Waals surface area contributed by atoms with E-state index < -0.39 is 0 Å². The molecule has 0 N–H and O–H groups in total. The largest absolute Gasteiger partial charge is 0.206 e. The Balaban J connectivity index is 1.26. The predicted octanol–water partition coefficient (Wildman–Crippen LogP) is 9.69. The summed E-state index contributed by atoms with van der Waals surface area (Å²) in [7, 11) is 0. The Hall–Kier alpha value is -1.62. The number of hydrogen-bond acceptors (Lipinski definition) is 1. The van der Waals surface area contributed by atoms with Crippen LogP contribution in [0.2, 0.25) is 0 Å². The Labute approximate surface area is 202 Å². The van der Waals surface area contributed by atoms with Crippen LogP contribution in [-0.2, 0) is 6.42 Å². The number of unbranched alkanes of at least 4 members (excludes halogenated alkanes) is 5. The molecule has 1 aromatic rings. The van der Waals surface area contributed by atoms with Gasteiger partial charge in [-0.15, -0.1) is 0 Å². The van der Waals surface area contributed by atoms with Gasteiger partial charge in [-0.05, 0) is 74.0 Å². The molecule has 0 spiro atoms. The number of nitriles is 1. The van der Waals surface area contributed by atoms with Crippen molar-refractivity contribution in [2.24, 2.45) is 17.8 Å². The summed E-state index contributed by atoms with van der Waals surface area (Å²) in [4.78, 5) is 0. The van der Waals surface area contributed by atoms with Crippen molar-refractivity contribution in [2.75, 3.05) is 0 Å². The summed E-state index contributed by atoms with van der Waals surface area (Å²) in [5.41, 5.74) is 2.69. The van der Waals surface area contributed by atoms with Crippen molar-refractivity contribution in [3.63, 3.8) is 0 Å². The molecule has 0 aromatic heterocycles. The summed E-state index contributed by atoms with van der Waals surface area (Å²) in [5.74, 6) is 2.51. The smallest absolute Gasteiger partial charge is 0.141 e. The zero-order valence-corrected chi connectivity index (χ0v) is 21.1. The van der Waals surface area contributed by atoms with Crippen LogP contribution in [0.15, 0.2) is 29.8 Å². The summed E-state index contributed by atoms with van der Waals surface area (Å²) in [6.07, 6.45) is 27.1. The molecule has 1 fully saturated rings. The van der Waals surface area contributed by atoms with Gasteiger partial charge in [0.2, 0.25) is 0 Å². The molecule has 0 saturated heterocycles. The van der Waals surface area contributed by atoms with E-state index in [1.54, 1.807) is 11.6 Å². The van der Waals surface area contributed by atoms with Gasteiger partial charge in [-0.1, -0.05) is 102 Å². The highest BCUT2D eigenvalue weighted by molar-refractivity contribution is 5.33. The third-order valence-corrected chi connectivity index (χ3v) is 8.42. The van der Waals surface area contributed by atoms with Crippen LogP contribution in [0.4, 0.5) is 4.39 Å². The first-order chi connectivity index (χ1) is 16.2. The number of benzene rings is 1. The highest BCUT2D eigenvalue weighted by Crippen LogP contribution is 2.37. The lowest BCUT2D eigenvalue weighted by Gasteiger charge is -2.30. The molecule has 0 heterocycles. The van der Waals surface area contributed by atoms with Crippen LogP contribution in [0, 0.1) is 34.9 Å². The van der Waals surface area contributed by atoms with Crippen LogP contribution >= 0.6 is 0 Å². The molecular formula is C31H46FN. The van der Waals surface area contributed by atoms with Crippen LogP contribution in [0.3, 0.4) is 0 Å². The van der Waals surface area contributed by atoms with Crippen LogP contribution < -0.4 is 0 Å². The molecule has 1 atom stereocenters. The molecule has 0 amide bonds. The molecule has 33 heavy (non-hydrogen) atoms. The third-order valence-electron chi connectivity index (χ3n) is 8.42. The van der Waals surface area contributed by atoms with Gasteiger partial charge in [0.05, 0.1) is 5.56 Å². The zero-order chi connectivity index (χ0) is 23.3. The van der Waals surface area contributed by atoms with Crippen LogP contribution in [0.25, 0.3) is 0 Å². The van der Waals surface area contributed by atoms with Gasteiger partial charge in [0, 0.05) is 0 Å². The number of nitrogens with zero attached hydrogens (tertiary/aromatic N) is 1. The Morgan fingerprint density at radius 3 is 2.21 bits per heavy atom. The van der Waals surface area contributed by atoms with Gasteiger partial charge in [-0.25, -0.2) is 4.39 Å². The predicted molar refractivity (Wildman–Crippen MR) is 138 cm³/mol. The monoisotopic (exact) mass is 451 g/mol. The maximum atomic E-state index is 13.8. The molecule has 2 heteroatoms. The normalized spacial score (nSPS) is 23.2. The fraction of sp³-hybridized carbons (Fsp3) is 0.710. The van der Waals surface area contributed by atoms with Gasteiger partial charge >= 0.3 is 0 Å². The van der Waals surface area contributed by atoms with Gasteiger partial charge in [0.15, 0.2) is 0 Å². The molecule has 0 bridgehead atoms. The maximum absolute atomic E-state index is 13.8. The molecule has 1 unspecified atom stereocenters. The van der Waals surface area contributed by atoms with E-state index in [9.17, 15) is 4.39 Å². The van der Waals surface area contributed by atoms with Crippen molar-refractivity contribution in [2.45, 2.75) is 122 Å². The molecule has 3 rings (SSSR count). The average Bonchev–Trinajstić information content (AvgIpc) is 2.85. The first-order valence-electron chi connectivity index (χ1n) is 14.0. The van der Waals surface area contributed by atoms with Gasteiger partial charge < -0.3 is 0 Å². The van der Waals surface area contributed by atoms with Crippen molar-refractivity contribution >= 4 is 0 Å². The Morgan fingerprint density at radius 2 is 1.55 bits per heavy atom. The minimum atomic E-state index is -0.385. The van der Waals surface area contributed by atoms with E-state index in [0.717, 1.165) is 36.2 Å². The molecule has 1 aromatic carbocycles. The van der Waals surface area contributed by atoms with Gasteiger partial charge in [-0.3, -0.25) is 0 Å². The van der Waals surface area contributed by atoms with E-state index in [0.29, 0.717) is 0 Å². The van der Waals surface area contributed by atoms with E-state index in [1.807, 2.05) is 12.1 Å². The van der Waals surface area contributed by atoms with Crippen molar-refractivity contribution in [1.29, 1.82) is 5.26 Å². The fourth-order valence-corrected chi connectivity index (χ4v) is 6.04. The second-order valence-corrected chi connectivity index (χ2v) is 10.9. The van der Waals surface area contributed by atoms with E-state index >= 15 is 0 Å². The van der Waals surface area contributed by atoms with E-state index in [2.05, 4.69) is 13.0 Å². The highest BCUT2D eigenvalue weighted by atomic mass is 19.1. The summed E-state index contributed by atoms with van der Waals surface area (Å²) >= 11 is 0. The summed E-state index contributed by atoms with van der Waals surface area (Å²) < 4.78 is 13.8. The second kappa shape index (κ2) is 14.6. The Kier molecular flexibility index (Phi) is 11.5. The Morgan fingerprint density at radius 1 is 0.848 bits per heavy atom. The summed E-state index contributed by atoms with van der Waals surface area (Å²) in [6, 6.07) is 6.94. The van der Waals surface area contributed by atoms with Crippen LogP contribution in [0.1, 0.15) is 127 Å². The standard InChI is InChI=1S/C31H46FN/c1-2-3-4-5-6-7-8-25-9-11-26(12-10-25)13-14-27-15-17-28(18-16-27)19-20-29-21-22-30(24-33)31(32)23-29/h17,21-23,25-27H,2-16,18-20H2,1H3. The molecule has 0 aliphatic heterocycles. The van der Waals surface area contributed by atoms with Gasteiger partial charge in [0.1, 0.15) is 11.9 Å². The zero-order valence-electron chi connectivity index (χ0n) is 21.1. The fourth-order valence-electron chi connectivity index (χ4n) is 6.04. The molecule has 2 aliphatic rings. The number of aryl methyl sites for hydroxylation is 1. The minimum absolute atomic E-state index is 0.143. The first-order valence-corrected chi connectivity index (χ1v) is 14.0. The second-order valence-electron chi connectivity index (χ2n) is 10.9. The van der Waals surface area contributed by atoms with Crippen LogP contribution in [-0.4, -0.2) is 0 Å². The lowest BCUT2D eigenvalue weighted by molar-refractivity contribution is 0.234. The van der Waals surface area contributed by atoms with Crippen molar-refractivity contribution in [3.8, 4) is 6.07 Å².